The van der Waals surface area contributed by atoms with E-state index in [0.29, 0.717) is 0 Å². The average molecular weight is 229 g/mol. The van der Waals surface area contributed by atoms with Crippen LogP contribution in [0.5, 0.6) is 0 Å². The van der Waals surface area contributed by atoms with Gasteiger partial charge in [-0.25, -0.2) is 18.2 Å². The van der Waals surface area contributed by atoms with Gasteiger partial charge >= 0.3 is 0 Å². The summed E-state index contributed by atoms with van der Waals surface area (Å²) in [6.07, 6.45) is 0.988. The molecule has 16 heavy (non-hydrogen) atoms. The monoisotopic (exact) mass is 229 g/mol. The fraction of sp³-hybridized carbons (Fsp3) is 0.100. The third-order valence-electron chi connectivity index (χ3n) is 2.07. The minimum absolute atomic E-state index is 0.0601. The second-order valence-corrected chi connectivity index (χ2v) is 3.01. The summed E-state index contributed by atoms with van der Waals surface area (Å²) in [5.74, 6) is -4.35. The van der Waals surface area contributed by atoms with Crippen LogP contribution in [0.2, 0.25) is 0 Å². The number of hydrogen-bond donors (Lipinski definition) is 1. The second kappa shape index (κ2) is 3.97. The predicted octanol–water partition coefficient (Wildman–Crippen LogP) is 2.25. The molecule has 6 heteroatoms. The first-order valence-electron chi connectivity index (χ1n) is 4.32. The number of rotatable bonds is 2. The number of aromatic nitrogens is 1. The summed E-state index contributed by atoms with van der Waals surface area (Å²) < 4.78 is 43.8. The molecule has 0 spiro atoms. The molecule has 1 aromatic carbocycles. The van der Waals surface area contributed by atoms with Gasteiger partial charge in [0.05, 0.1) is 12.2 Å². The second-order valence-electron chi connectivity index (χ2n) is 3.01. The number of aliphatic hydroxyl groups is 1. The molecule has 0 radical (unpaired) electrons. The molecule has 0 aliphatic rings. The maximum atomic E-state index is 13.4. The quantitative estimate of drug-likeness (QED) is 0.803. The highest BCUT2D eigenvalue weighted by molar-refractivity contribution is 5.60. The topological polar surface area (TPSA) is 46.3 Å². The summed E-state index contributed by atoms with van der Waals surface area (Å²) in [6.45, 7) is -0.482. The van der Waals surface area contributed by atoms with Crippen LogP contribution in [-0.4, -0.2) is 10.1 Å². The Kier molecular flexibility index (Phi) is 2.66. The highest BCUT2D eigenvalue weighted by atomic mass is 19.2. The van der Waals surface area contributed by atoms with Gasteiger partial charge < -0.3 is 9.52 Å². The molecule has 1 aromatic heterocycles. The van der Waals surface area contributed by atoms with Gasteiger partial charge in [-0.2, -0.15) is 0 Å². The van der Waals surface area contributed by atoms with E-state index in [2.05, 4.69) is 4.98 Å². The first-order valence-corrected chi connectivity index (χ1v) is 4.32. The fourth-order valence-corrected chi connectivity index (χ4v) is 1.30. The van der Waals surface area contributed by atoms with E-state index in [4.69, 9.17) is 9.52 Å². The predicted molar refractivity (Wildman–Crippen MR) is 47.7 cm³/mol. The van der Waals surface area contributed by atoms with E-state index in [0.717, 1.165) is 18.5 Å². The van der Waals surface area contributed by atoms with E-state index in [1.54, 1.807) is 0 Å². The Bertz CT molecular complexity index is 525. The molecule has 0 bridgehead atoms. The van der Waals surface area contributed by atoms with Crippen molar-refractivity contribution in [1.82, 2.24) is 4.98 Å². The van der Waals surface area contributed by atoms with Crippen LogP contribution in [0.25, 0.3) is 11.3 Å². The van der Waals surface area contributed by atoms with E-state index in [1.165, 1.54) is 0 Å². The lowest BCUT2D eigenvalue weighted by Crippen LogP contribution is -1.95. The number of halogens is 3. The minimum atomic E-state index is -1.59. The zero-order chi connectivity index (χ0) is 11.7. The highest BCUT2D eigenvalue weighted by Crippen LogP contribution is 2.28. The van der Waals surface area contributed by atoms with Crippen molar-refractivity contribution in [1.29, 1.82) is 0 Å². The maximum Gasteiger partial charge on any atom is 0.195 e. The number of hydrogen-bond acceptors (Lipinski definition) is 3. The summed E-state index contributed by atoms with van der Waals surface area (Å²) in [5, 5.41) is 8.87. The van der Waals surface area contributed by atoms with Crippen molar-refractivity contribution in [3.05, 3.63) is 41.7 Å². The van der Waals surface area contributed by atoms with Gasteiger partial charge in [-0.05, 0) is 12.1 Å². The van der Waals surface area contributed by atoms with Gasteiger partial charge in [0, 0.05) is 0 Å². The smallest absolute Gasteiger partial charge is 0.195 e. The van der Waals surface area contributed by atoms with Crippen molar-refractivity contribution in [2.45, 2.75) is 6.61 Å². The SMILES string of the molecule is OCc1ncoc1-c1ccc(F)c(F)c1F. The van der Waals surface area contributed by atoms with Crippen molar-refractivity contribution in [2.24, 2.45) is 0 Å². The Hall–Kier alpha value is -1.82. The lowest BCUT2D eigenvalue weighted by Gasteiger charge is -2.02. The Balaban J connectivity index is 2.61. The normalized spacial score (nSPS) is 10.8. The molecule has 0 atom stereocenters. The molecule has 84 valence electrons. The summed E-state index contributed by atoms with van der Waals surface area (Å²) in [6, 6.07) is 1.80. The summed E-state index contributed by atoms with van der Waals surface area (Å²) in [7, 11) is 0. The van der Waals surface area contributed by atoms with Crippen molar-refractivity contribution >= 4 is 0 Å². The van der Waals surface area contributed by atoms with E-state index in [9.17, 15) is 13.2 Å². The van der Waals surface area contributed by atoms with Crippen LogP contribution in [0.3, 0.4) is 0 Å². The molecule has 0 aliphatic carbocycles. The molecule has 3 nitrogen and oxygen atoms in total. The standard InChI is InChI=1S/C10H6F3NO2/c11-6-2-1-5(8(12)9(6)13)10-7(3-15)14-4-16-10/h1-2,4,15H,3H2. The Morgan fingerprint density at radius 3 is 2.62 bits per heavy atom. The van der Waals surface area contributed by atoms with E-state index in [1.807, 2.05) is 0 Å². The number of benzene rings is 1. The molecule has 1 N–H and O–H groups in total. The molecule has 0 saturated carbocycles. The number of oxazole rings is 1. The van der Waals surface area contributed by atoms with Crippen LogP contribution < -0.4 is 0 Å². The van der Waals surface area contributed by atoms with Crippen molar-refractivity contribution < 1.29 is 22.7 Å². The van der Waals surface area contributed by atoms with Gasteiger partial charge in [-0.1, -0.05) is 0 Å². The van der Waals surface area contributed by atoms with E-state index < -0.39 is 24.1 Å². The van der Waals surface area contributed by atoms with Gasteiger partial charge in [-0.3, -0.25) is 0 Å². The minimum Gasteiger partial charge on any atom is -0.443 e. The number of nitrogens with zero attached hydrogens (tertiary/aromatic N) is 1. The van der Waals surface area contributed by atoms with Gasteiger partial charge in [0.15, 0.2) is 29.6 Å². The highest BCUT2D eigenvalue weighted by Gasteiger charge is 2.19. The third kappa shape index (κ3) is 1.57. The lowest BCUT2D eigenvalue weighted by molar-refractivity contribution is 0.277. The zero-order valence-electron chi connectivity index (χ0n) is 7.88. The summed E-state index contributed by atoms with van der Waals surface area (Å²) in [4.78, 5) is 3.60. The van der Waals surface area contributed by atoms with E-state index >= 15 is 0 Å². The first-order chi connectivity index (χ1) is 7.65. The summed E-state index contributed by atoms with van der Waals surface area (Å²) in [5.41, 5.74) is -0.217. The molecular formula is C10H6F3NO2. The summed E-state index contributed by atoms with van der Waals surface area (Å²) >= 11 is 0. The average Bonchev–Trinajstić information content (AvgIpc) is 2.74. The van der Waals surface area contributed by atoms with Gasteiger partial charge in [0.25, 0.3) is 0 Å². The molecule has 2 rings (SSSR count). The Morgan fingerprint density at radius 1 is 1.19 bits per heavy atom. The number of aliphatic hydroxyl groups excluding tert-OH is 1. The van der Waals surface area contributed by atoms with Crippen molar-refractivity contribution in [3.8, 4) is 11.3 Å². The van der Waals surface area contributed by atoms with Crippen LogP contribution in [0.4, 0.5) is 13.2 Å². The zero-order valence-corrected chi connectivity index (χ0v) is 7.88. The lowest BCUT2D eigenvalue weighted by atomic mass is 10.1. The van der Waals surface area contributed by atoms with Gasteiger partial charge in [-0.15, -0.1) is 0 Å². The molecule has 0 saturated heterocycles. The molecule has 0 unspecified atom stereocenters. The molecular weight excluding hydrogens is 223 g/mol. The largest absolute Gasteiger partial charge is 0.443 e. The van der Waals surface area contributed by atoms with Crippen LogP contribution >= 0.6 is 0 Å². The van der Waals surface area contributed by atoms with Crippen LogP contribution in [-0.2, 0) is 6.61 Å². The third-order valence-corrected chi connectivity index (χ3v) is 2.07. The molecule has 0 amide bonds. The van der Waals surface area contributed by atoms with Gasteiger partial charge in [0.1, 0.15) is 5.69 Å². The Labute approximate surface area is 88.2 Å². The van der Waals surface area contributed by atoms with Gasteiger partial charge in [0.2, 0.25) is 0 Å². The molecule has 0 fully saturated rings. The molecule has 1 heterocycles. The molecule has 0 aliphatic heterocycles. The Morgan fingerprint density at radius 2 is 1.94 bits per heavy atom. The van der Waals surface area contributed by atoms with Crippen LogP contribution in [0, 0.1) is 17.5 Å². The fourth-order valence-electron chi connectivity index (χ4n) is 1.30. The van der Waals surface area contributed by atoms with E-state index in [-0.39, 0.29) is 17.0 Å². The molecule has 2 aromatic rings. The van der Waals surface area contributed by atoms with Crippen LogP contribution in [0.1, 0.15) is 5.69 Å². The van der Waals surface area contributed by atoms with Crippen LogP contribution in [0.15, 0.2) is 22.9 Å². The first kappa shape index (κ1) is 10.7. The maximum absolute atomic E-state index is 13.4. The van der Waals surface area contributed by atoms with Crippen molar-refractivity contribution in [2.75, 3.05) is 0 Å². The van der Waals surface area contributed by atoms with Crippen molar-refractivity contribution in [3.63, 3.8) is 0 Å².